The molecule has 3 heterocycles. The number of hydrogen-bond donors (Lipinski definition) is 1. The van der Waals surface area contributed by atoms with Gasteiger partial charge in [0.15, 0.2) is 5.69 Å². The lowest BCUT2D eigenvalue weighted by Crippen LogP contribution is -2.45. The van der Waals surface area contributed by atoms with Gasteiger partial charge in [-0.1, -0.05) is 24.3 Å². The molecule has 1 fully saturated rings. The van der Waals surface area contributed by atoms with E-state index >= 15 is 0 Å². The number of nitrogens with one attached hydrogen (secondary N) is 1. The zero-order valence-corrected chi connectivity index (χ0v) is 18.6. The maximum absolute atomic E-state index is 12.4. The quantitative estimate of drug-likeness (QED) is 0.552. The second-order valence-electron chi connectivity index (χ2n) is 7.58. The van der Waals surface area contributed by atoms with Crippen molar-refractivity contribution in [3.63, 3.8) is 0 Å². The topological polar surface area (TPSA) is 70.8 Å². The number of thiophene rings is 1. The van der Waals surface area contributed by atoms with Gasteiger partial charge in [-0.15, -0.1) is 11.3 Å². The van der Waals surface area contributed by atoms with E-state index in [-0.39, 0.29) is 5.91 Å². The zero-order chi connectivity index (χ0) is 21.5. The molecule has 8 heteroatoms. The molecule has 0 unspecified atom stereocenters. The Morgan fingerprint density at radius 3 is 2.65 bits per heavy atom. The maximum atomic E-state index is 12.4. The summed E-state index contributed by atoms with van der Waals surface area (Å²) in [5.41, 5.74) is 1.38. The monoisotopic (exact) mass is 440 g/mol. The van der Waals surface area contributed by atoms with E-state index < -0.39 is 0 Å². The van der Waals surface area contributed by atoms with Crippen molar-refractivity contribution in [2.75, 3.05) is 39.8 Å². The van der Waals surface area contributed by atoms with E-state index in [4.69, 9.17) is 9.15 Å². The first-order valence-corrected chi connectivity index (χ1v) is 11.4. The summed E-state index contributed by atoms with van der Waals surface area (Å²) in [4.78, 5) is 23.0. The molecular weight excluding hydrogens is 412 g/mol. The number of oxazole rings is 1. The molecule has 1 aliphatic heterocycles. The van der Waals surface area contributed by atoms with Crippen LogP contribution < -0.4 is 10.1 Å². The summed E-state index contributed by atoms with van der Waals surface area (Å²) < 4.78 is 10.9. The van der Waals surface area contributed by atoms with E-state index in [1.54, 1.807) is 7.11 Å². The molecular formula is C23H28N4O3S. The number of amides is 1. The number of carbonyl (C=O) groups excluding carboxylic acids is 1. The highest BCUT2D eigenvalue weighted by atomic mass is 32.1. The van der Waals surface area contributed by atoms with Gasteiger partial charge in [0.1, 0.15) is 12.0 Å². The van der Waals surface area contributed by atoms with Crippen molar-refractivity contribution in [3.8, 4) is 5.75 Å². The van der Waals surface area contributed by atoms with Gasteiger partial charge in [0.25, 0.3) is 5.91 Å². The summed E-state index contributed by atoms with van der Waals surface area (Å²) in [6.07, 6.45) is 2.14. The highest BCUT2D eigenvalue weighted by Gasteiger charge is 2.20. The molecule has 0 spiro atoms. The van der Waals surface area contributed by atoms with Crippen LogP contribution >= 0.6 is 11.3 Å². The van der Waals surface area contributed by atoms with Crippen molar-refractivity contribution in [3.05, 3.63) is 70.1 Å². The summed E-state index contributed by atoms with van der Waals surface area (Å²) in [7, 11) is 1.65. The number of aromatic nitrogens is 1. The van der Waals surface area contributed by atoms with Crippen LogP contribution in [0.2, 0.25) is 0 Å². The van der Waals surface area contributed by atoms with Gasteiger partial charge in [-0.3, -0.25) is 14.6 Å². The van der Waals surface area contributed by atoms with Crippen molar-refractivity contribution in [2.45, 2.75) is 19.5 Å². The van der Waals surface area contributed by atoms with Gasteiger partial charge in [0.2, 0.25) is 5.89 Å². The summed E-state index contributed by atoms with van der Waals surface area (Å²) in [6.45, 7) is 6.13. The first-order valence-electron chi connectivity index (χ1n) is 10.5. The van der Waals surface area contributed by atoms with Gasteiger partial charge in [0.05, 0.1) is 13.7 Å². The number of hydrogen-bond acceptors (Lipinski definition) is 7. The van der Waals surface area contributed by atoms with Crippen LogP contribution in [0.5, 0.6) is 5.75 Å². The van der Waals surface area contributed by atoms with Gasteiger partial charge < -0.3 is 14.5 Å². The molecule has 0 bridgehead atoms. The number of piperazine rings is 1. The van der Waals surface area contributed by atoms with Crippen LogP contribution in [0.15, 0.2) is 52.5 Å². The van der Waals surface area contributed by atoms with Gasteiger partial charge in [0, 0.05) is 44.1 Å². The Balaban J connectivity index is 1.20. The van der Waals surface area contributed by atoms with Crippen molar-refractivity contribution in [2.24, 2.45) is 0 Å². The van der Waals surface area contributed by atoms with E-state index in [2.05, 4.69) is 37.6 Å². The molecule has 7 nitrogen and oxygen atoms in total. The summed E-state index contributed by atoms with van der Waals surface area (Å²) in [5, 5.41) is 5.03. The zero-order valence-electron chi connectivity index (χ0n) is 17.8. The third-order valence-electron chi connectivity index (χ3n) is 5.44. The summed E-state index contributed by atoms with van der Waals surface area (Å²) in [6, 6.07) is 12.1. The first-order chi connectivity index (χ1) is 15.2. The minimum atomic E-state index is -0.217. The Hall–Kier alpha value is -2.68. The summed E-state index contributed by atoms with van der Waals surface area (Å²) >= 11 is 1.81. The Labute approximate surface area is 186 Å². The molecule has 1 N–H and O–H groups in total. The largest absolute Gasteiger partial charge is 0.496 e. The first kappa shape index (κ1) is 21.5. The van der Waals surface area contributed by atoms with Crippen molar-refractivity contribution in [1.82, 2.24) is 20.1 Å². The van der Waals surface area contributed by atoms with E-state index in [9.17, 15) is 4.79 Å². The predicted molar refractivity (Wildman–Crippen MR) is 120 cm³/mol. The highest BCUT2D eigenvalue weighted by Crippen LogP contribution is 2.17. The van der Waals surface area contributed by atoms with E-state index in [0.29, 0.717) is 31.1 Å². The van der Waals surface area contributed by atoms with Crippen molar-refractivity contribution in [1.29, 1.82) is 0 Å². The fourth-order valence-corrected chi connectivity index (χ4v) is 4.46. The minimum absolute atomic E-state index is 0.217. The molecule has 2 aromatic heterocycles. The molecule has 164 valence electrons. The average Bonchev–Trinajstić information content (AvgIpc) is 3.48. The number of carbonyl (C=O) groups is 1. The number of para-hydroxylation sites is 1. The van der Waals surface area contributed by atoms with Gasteiger partial charge >= 0.3 is 0 Å². The fourth-order valence-electron chi connectivity index (χ4n) is 3.72. The highest BCUT2D eigenvalue weighted by molar-refractivity contribution is 7.09. The molecule has 1 aliphatic rings. The lowest BCUT2D eigenvalue weighted by Gasteiger charge is -2.33. The minimum Gasteiger partial charge on any atom is -0.496 e. The van der Waals surface area contributed by atoms with Gasteiger partial charge in [-0.05, 0) is 29.5 Å². The molecule has 0 saturated carbocycles. The number of rotatable bonds is 9. The summed E-state index contributed by atoms with van der Waals surface area (Å²) in [5.74, 6) is 1.20. The van der Waals surface area contributed by atoms with E-state index in [1.807, 2.05) is 35.6 Å². The Kier molecular flexibility index (Phi) is 7.35. The SMILES string of the molecule is COc1ccccc1CCNC(=O)c1coc(CN2CCN(Cc3cccs3)CC2)n1. The van der Waals surface area contributed by atoms with Crippen LogP contribution in [-0.2, 0) is 19.5 Å². The Bertz CT molecular complexity index is 965. The number of nitrogens with zero attached hydrogens (tertiary/aromatic N) is 3. The van der Waals surface area contributed by atoms with Crippen molar-refractivity contribution >= 4 is 17.2 Å². The van der Waals surface area contributed by atoms with Crippen molar-refractivity contribution < 1.29 is 13.9 Å². The Morgan fingerprint density at radius 2 is 1.90 bits per heavy atom. The van der Waals surface area contributed by atoms with Crippen LogP contribution in [-0.4, -0.2) is 60.5 Å². The number of ether oxygens (including phenoxy) is 1. The van der Waals surface area contributed by atoms with E-state index in [0.717, 1.165) is 44.0 Å². The molecule has 1 aromatic carbocycles. The predicted octanol–water partition coefficient (Wildman–Crippen LogP) is 3.04. The lowest BCUT2D eigenvalue weighted by molar-refractivity contribution is 0.0948. The number of benzene rings is 1. The lowest BCUT2D eigenvalue weighted by atomic mass is 10.1. The van der Waals surface area contributed by atoms with Crippen LogP contribution in [0, 0.1) is 0 Å². The van der Waals surface area contributed by atoms with Crippen LogP contribution in [0.3, 0.4) is 0 Å². The second kappa shape index (κ2) is 10.6. The van der Waals surface area contributed by atoms with E-state index in [1.165, 1.54) is 11.1 Å². The normalized spacial score (nSPS) is 15.1. The molecule has 1 amide bonds. The molecule has 4 rings (SSSR count). The molecule has 3 aromatic rings. The smallest absolute Gasteiger partial charge is 0.273 e. The third-order valence-corrected chi connectivity index (χ3v) is 6.30. The molecule has 0 atom stereocenters. The molecule has 0 aliphatic carbocycles. The molecule has 0 radical (unpaired) electrons. The van der Waals surface area contributed by atoms with Gasteiger partial charge in [-0.25, -0.2) is 4.98 Å². The molecule has 31 heavy (non-hydrogen) atoms. The van der Waals surface area contributed by atoms with Crippen LogP contribution in [0.4, 0.5) is 0 Å². The fraction of sp³-hybridized carbons (Fsp3) is 0.391. The van der Waals surface area contributed by atoms with Crippen LogP contribution in [0.1, 0.15) is 26.8 Å². The van der Waals surface area contributed by atoms with Gasteiger partial charge in [-0.2, -0.15) is 0 Å². The Morgan fingerprint density at radius 1 is 1.13 bits per heavy atom. The molecule has 1 saturated heterocycles. The third kappa shape index (κ3) is 5.94. The average molecular weight is 441 g/mol. The number of methoxy groups -OCH3 is 1. The maximum Gasteiger partial charge on any atom is 0.273 e. The van der Waals surface area contributed by atoms with Crippen LogP contribution in [0.25, 0.3) is 0 Å². The standard InChI is InChI=1S/C23H28N4O3S/c1-29-21-7-3-2-5-18(21)8-9-24-23(28)20-17-30-22(25-20)16-27-12-10-26(11-13-27)15-19-6-4-14-31-19/h2-7,14,17H,8-13,15-16H2,1H3,(H,24,28). The second-order valence-corrected chi connectivity index (χ2v) is 8.61.